The van der Waals surface area contributed by atoms with Gasteiger partial charge in [0, 0.05) is 13.1 Å². The highest BCUT2D eigenvalue weighted by atomic mass is 16.6. The van der Waals surface area contributed by atoms with Gasteiger partial charge in [-0.15, -0.1) is 0 Å². The zero-order valence-corrected chi connectivity index (χ0v) is 11.3. The highest BCUT2D eigenvalue weighted by Gasteiger charge is 2.40. The average Bonchev–Trinajstić information content (AvgIpc) is 2.33. The Hall–Kier alpha value is -1.51. The molecule has 0 N–H and O–H groups in total. The minimum absolute atomic E-state index is 0.223. The first kappa shape index (κ1) is 12.9. The third-order valence-corrected chi connectivity index (χ3v) is 3.62. The molecule has 0 spiro atoms. The molecule has 1 fully saturated rings. The summed E-state index contributed by atoms with van der Waals surface area (Å²) in [5.41, 5.74) is 1.40. The molecular weight excluding hydrogens is 226 g/mol. The molecule has 0 aliphatic heterocycles. The van der Waals surface area contributed by atoms with Crippen molar-refractivity contribution >= 4 is 6.09 Å². The molecule has 0 atom stereocenters. The number of nitrogens with zero attached hydrogens (tertiary/aromatic N) is 1. The molecule has 0 unspecified atom stereocenters. The van der Waals surface area contributed by atoms with Crippen molar-refractivity contribution in [2.75, 3.05) is 7.05 Å². The van der Waals surface area contributed by atoms with Gasteiger partial charge in [-0.1, -0.05) is 44.2 Å². The number of hydrogen-bond acceptors (Lipinski definition) is 2. The van der Waals surface area contributed by atoms with E-state index in [-0.39, 0.29) is 6.09 Å². The number of benzene rings is 1. The van der Waals surface area contributed by atoms with Crippen molar-refractivity contribution in [2.24, 2.45) is 5.41 Å². The summed E-state index contributed by atoms with van der Waals surface area (Å²) in [6.07, 6.45) is 1.90. The van der Waals surface area contributed by atoms with Crippen LogP contribution in [0.4, 0.5) is 4.79 Å². The number of ether oxygens (including phenoxy) is 1. The number of amides is 1. The van der Waals surface area contributed by atoms with Crippen LogP contribution in [0.2, 0.25) is 0 Å². The highest BCUT2D eigenvalue weighted by Crippen LogP contribution is 2.42. The van der Waals surface area contributed by atoms with E-state index in [0.29, 0.717) is 18.1 Å². The minimum Gasteiger partial charge on any atom is -0.445 e. The van der Waals surface area contributed by atoms with Crippen LogP contribution in [-0.2, 0) is 11.3 Å². The molecule has 3 nitrogen and oxygen atoms in total. The van der Waals surface area contributed by atoms with E-state index in [9.17, 15) is 4.79 Å². The smallest absolute Gasteiger partial charge is 0.410 e. The summed E-state index contributed by atoms with van der Waals surface area (Å²) in [6, 6.07) is 10.1. The lowest BCUT2D eigenvalue weighted by atomic mass is 9.68. The van der Waals surface area contributed by atoms with Crippen LogP contribution >= 0.6 is 0 Å². The number of rotatable bonds is 3. The largest absolute Gasteiger partial charge is 0.445 e. The second-order valence-electron chi connectivity index (χ2n) is 5.88. The lowest BCUT2D eigenvalue weighted by molar-refractivity contribution is 0.0265. The van der Waals surface area contributed by atoms with Gasteiger partial charge in [0.05, 0.1) is 0 Å². The van der Waals surface area contributed by atoms with Gasteiger partial charge in [-0.25, -0.2) is 4.79 Å². The Morgan fingerprint density at radius 3 is 2.50 bits per heavy atom. The summed E-state index contributed by atoms with van der Waals surface area (Å²) >= 11 is 0. The molecule has 1 aromatic carbocycles. The van der Waals surface area contributed by atoms with Gasteiger partial charge in [0.25, 0.3) is 0 Å². The van der Waals surface area contributed by atoms with Gasteiger partial charge < -0.3 is 9.64 Å². The summed E-state index contributed by atoms with van der Waals surface area (Å²) in [4.78, 5) is 13.6. The van der Waals surface area contributed by atoms with Crippen molar-refractivity contribution in [3.8, 4) is 0 Å². The molecule has 0 bridgehead atoms. The molecular formula is C15H21NO2. The summed E-state index contributed by atoms with van der Waals surface area (Å²) in [6.45, 7) is 4.80. The quantitative estimate of drug-likeness (QED) is 0.818. The van der Waals surface area contributed by atoms with Crippen LogP contribution in [0.25, 0.3) is 0 Å². The molecule has 2 rings (SSSR count). The maximum Gasteiger partial charge on any atom is 0.410 e. The van der Waals surface area contributed by atoms with E-state index in [1.54, 1.807) is 4.90 Å². The number of hydrogen-bond donors (Lipinski definition) is 0. The molecule has 3 heteroatoms. The van der Waals surface area contributed by atoms with Crippen LogP contribution in [0.1, 0.15) is 32.3 Å². The van der Waals surface area contributed by atoms with Crippen molar-refractivity contribution in [1.82, 2.24) is 4.90 Å². The number of carbonyl (C=O) groups is 1. The van der Waals surface area contributed by atoms with Crippen LogP contribution in [-0.4, -0.2) is 24.1 Å². The first-order valence-electron chi connectivity index (χ1n) is 6.41. The van der Waals surface area contributed by atoms with E-state index >= 15 is 0 Å². The summed E-state index contributed by atoms with van der Waals surface area (Å²) in [7, 11) is 1.83. The van der Waals surface area contributed by atoms with Gasteiger partial charge in [0.15, 0.2) is 0 Å². The zero-order chi connectivity index (χ0) is 13.2. The van der Waals surface area contributed by atoms with E-state index in [1.165, 1.54) is 0 Å². The monoisotopic (exact) mass is 247 g/mol. The average molecular weight is 247 g/mol. The number of carbonyl (C=O) groups excluding carboxylic acids is 1. The van der Waals surface area contributed by atoms with Crippen LogP contribution in [0.5, 0.6) is 0 Å². The molecule has 0 aromatic heterocycles. The van der Waals surface area contributed by atoms with Crippen LogP contribution in [0.15, 0.2) is 30.3 Å². The Morgan fingerprint density at radius 2 is 1.94 bits per heavy atom. The lowest BCUT2D eigenvalue weighted by Crippen LogP contribution is -2.49. The Labute approximate surface area is 109 Å². The first-order valence-corrected chi connectivity index (χ1v) is 6.41. The normalized spacial score (nSPS) is 17.9. The molecule has 98 valence electrons. The van der Waals surface area contributed by atoms with E-state index in [1.807, 2.05) is 37.4 Å². The Bertz CT molecular complexity index is 406. The van der Waals surface area contributed by atoms with Crippen molar-refractivity contribution in [2.45, 2.75) is 39.3 Å². The van der Waals surface area contributed by atoms with Gasteiger partial charge in [-0.2, -0.15) is 0 Å². The first-order chi connectivity index (χ1) is 8.48. The topological polar surface area (TPSA) is 29.5 Å². The molecule has 1 saturated carbocycles. The standard InChI is InChI=1S/C15H21NO2/c1-15(2)9-13(10-15)16(3)14(17)18-11-12-7-5-4-6-8-12/h4-8,13H,9-11H2,1-3H3. The van der Waals surface area contributed by atoms with Crippen molar-refractivity contribution in [3.63, 3.8) is 0 Å². The van der Waals surface area contributed by atoms with E-state index in [2.05, 4.69) is 13.8 Å². The molecule has 1 aliphatic carbocycles. The third kappa shape index (κ3) is 3.03. The molecule has 0 saturated heterocycles. The van der Waals surface area contributed by atoms with Gasteiger partial charge in [0.1, 0.15) is 6.61 Å². The molecule has 1 amide bonds. The van der Waals surface area contributed by atoms with E-state index in [4.69, 9.17) is 4.74 Å². The van der Waals surface area contributed by atoms with Crippen LogP contribution in [0.3, 0.4) is 0 Å². The van der Waals surface area contributed by atoms with Crippen molar-refractivity contribution < 1.29 is 9.53 Å². The fourth-order valence-electron chi connectivity index (χ4n) is 2.46. The predicted octanol–water partition coefficient (Wildman–Crippen LogP) is 3.44. The van der Waals surface area contributed by atoms with Crippen LogP contribution in [0, 0.1) is 5.41 Å². The Kier molecular flexibility index (Phi) is 3.60. The van der Waals surface area contributed by atoms with Gasteiger partial charge >= 0.3 is 6.09 Å². The second-order valence-corrected chi connectivity index (χ2v) is 5.88. The lowest BCUT2D eigenvalue weighted by Gasteiger charge is -2.46. The fourth-order valence-corrected chi connectivity index (χ4v) is 2.46. The van der Waals surface area contributed by atoms with Gasteiger partial charge in [-0.3, -0.25) is 0 Å². The minimum atomic E-state index is -0.223. The molecule has 0 radical (unpaired) electrons. The predicted molar refractivity (Wildman–Crippen MR) is 71.2 cm³/mol. The van der Waals surface area contributed by atoms with Gasteiger partial charge in [0.2, 0.25) is 0 Å². The molecule has 1 aliphatic rings. The molecule has 1 aromatic rings. The fraction of sp³-hybridized carbons (Fsp3) is 0.533. The van der Waals surface area contributed by atoms with E-state index in [0.717, 1.165) is 18.4 Å². The van der Waals surface area contributed by atoms with Crippen molar-refractivity contribution in [3.05, 3.63) is 35.9 Å². The maximum atomic E-state index is 11.9. The van der Waals surface area contributed by atoms with Crippen molar-refractivity contribution in [1.29, 1.82) is 0 Å². The van der Waals surface area contributed by atoms with E-state index < -0.39 is 0 Å². The summed E-state index contributed by atoms with van der Waals surface area (Å²) in [5.74, 6) is 0. The molecule has 0 heterocycles. The Balaban J connectivity index is 1.78. The maximum absolute atomic E-state index is 11.9. The SMILES string of the molecule is CN(C(=O)OCc1ccccc1)C1CC(C)(C)C1. The second kappa shape index (κ2) is 5.01. The highest BCUT2D eigenvalue weighted by molar-refractivity contribution is 5.67. The zero-order valence-electron chi connectivity index (χ0n) is 11.3. The summed E-state index contributed by atoms with van der Waals surface area (Å²) in [5, 5.41) is 0. The molecule has 18 heavy (non-hydrogen) atoms. The third-order valence-electron chi connectivity index (χ3n) is 3.62. The van der Waals surface area contributed by atoms with Gasteiger partial charge in [-0.05, 0) is 23.8 Å². The summed E-state index contributed by atoms with van der Waals surface area (Å²) < 4.78 is 5.30. The Morgan fingerprint density at radius 1 is 1.33 bits per heavy atom. The van der Waals surface area contributed by atoms with Crippen LogP contribution < -0.4 is 0 Å².